The Hall–Kier alpha value is -2.36. The van der Waals surface area contributed by atoms with Gasteiger partial charge in [0.1, 0.15) is 6.04 Å². The summed E-state index contributed by atoms with van der Waals surface area (Å²) in [5.74, 6) is -1.14. The smallest absolute Gasteiger partial charge is 0.329 e. The van der Waals surface area contributed by atoms with Crippen LogP contribution in [0.15, 0.2) is 22.8 Å². The Bertz CT molecular complexity index is 922. The van der Waals surface area contributed by atoms with Crippen molar-refractivity contribution in [2.75, 3.05) is 24.7 Å². The van der Waals surface area contributed by atoms with E-state index in [0.717, 1.165) is 25.7 Å². The molecule has 1 aromatic heterocycles. The molecule has 2 atom stereocenters. The second-order valence-corrected chi connectivity index (χ2v) is 10.8. The summed E-state index contributed by atoms with van der Waals surface area (Å²) < 4.78 is 34.4. The third-order valence-electron chi connectivity index (χ3n) is 6.46. The molecule has 1 unspecified atom stereocenters. The van der Waals surface area contributed by atoms with E-state index in [1.165, 1.54) is 11.2 Å². The third-order valence-corrected chi connectivity index (χ3v) is 8.21. The highest BCUT2D eigenvalue weighted by Gasteiger charge is 2.40. The highest BCUT2D eigenvalue weighted by Crippen LogP contribution is 2.29. The molecule has 0 bridgehead atoms. The van der Waals surface area contributed by atoms with Gasteiger partial charge in [0.2, 0.25) is 0 Å². The molecule has 3 fully saturated rings. The van der Waals surface area contributed by atoms with E-state index in [1.807, 2.05) is 0 Å². The lowest BCUT2D eigenvalue weighted by atomic mass is 10.1. The Morgan fingerprint density at radius 2 is 1.87 bits per heavy atom. The number of furan rings is 1. The molecular formula is C21H28N2O7S. The summed E-state index contributed by atoms with van der Waals surface area (Å²) in [4.78, 5) is 41.3. The first-order chi connectivity index (χ1) is 14.9. The van der Waals surface area contributed by atoms with Crippen molar-refractivity contribution in [1.29, 1.82) is 0 Å². The van der Waals surface area contributed by atoms with Crippen molar-refractivity contribution >= 4 is 27.6 Å². The van der Waals surface area contributed by atoms with Gasteiger partial charge in [-0.05, 0) is 44.2 Å². The van der Waals surface area contributed by atoms with Crippen molar-refractivity contribution in [3.8, 4) is 0 Å². The molecule has 3 aliphatic rings. The van der Waals surface area contributed by atoms with E-state index in [1.54, 1.807) is 17.0 Å². The molecule has 3 heterocycles. The molecule has 2 amide bonds. The first kappa shape index (κ1) is 21.9. The fraction of sp³-hybridized carbons (Fsp3) is 0.667. The zero-order valence-electron chi connectivity index (χ0n) is 17.4. The highest BCUT2D eigenvalue weighted by atomic mass is 32.2. The van der Waals surface area contributed by atoms with Gasteiger partial charge in [-0.3, -0.25) is 9.59 Å². The minimum atomic E-state index is -3.14. The van der Waals surface area contributed by atoms with E-state index in [2.05, 4.69) is 0 Å². The van der Waals surface area contributed by atoms with Crippen molar-refractivity contribution in [1.82, 2.24) is 9.80 Å². The molecule has 4 rings (SSSR count). The van der Waals surface area contributed by atoms with Gasteiger partial charge in [-0.25, -0.2) is 13.2 Å². The molecule has 170 valence electrons. The van der Waals surface area contributed by atoms with Crippen molar-refractivity contribution in [3.63, 3.8) is 0 Å². The van der Waals surface area contributed by atoms with Crippen molar-refractivity contribution in [2.24, 2.45) is 0 Å². The van der Waals surface area contributed by atoms with E-state index in [-0.39, 0.29) is 41.2 Å². The number of esters is 1. The van der Waals surface area contributed by atoms with E-state index in [4.69, 9.17) is 9.15 Å². The molecule has 1 aliphatic carbocycles. The lowest BCUT2D eigenvalue weighted by Gasteiger charge is -2.34. The molecule has 1 aromatic rings. The highest BCUT2D eigenvalue weighted by molar-refractivity contribution is 7.91. The second kappa shape index (κ2) is 9.02. The number of likely N-dealkylation sites (tertiary alicyclic amines) is 1. The fourth-order valence-electron chi connectivity index (χ4n) is 4.98. The normalized spacial score (nSPS) is 25.6. The van der Waals surface area contributed by atoms with E-state index in [0.29, 0.717) is 25.8 Å². The molecule has 1 saturated carbocycles. The molecule has 2 saturated heterocycles. The van der Waals surface area contributed by atoms with Gasteiger partial charge in [-0.1, -0.05) is 12.8 Å². The van der Waals surface area contributed by atoms with Gasteiger partial charge < -0.3 is 19.0 Å². The maximum absolute atomic E-state index is 13.0. The number of carbonyl (C=O) groups excluding carboxylic acids is 3. The van der Waals surface area contributed by atoms with Crippen LogP contribution >= 0.6 is 0 Å². The van der Waals surface area contributed by atoms with Gasteiger partial charge in [0.05, 0.1) is 17.8 Å². The monoisotopic (exact) mass is 452 g/mol. The van der Waals surface area contributed by atoms with Gasteiger partial charge in [0.25, 0.3) is 11.8 Å². The average molecular weight is 453 g/mol. The number of rotatable bonds is 6. The van der Waals surface area contributed by atoms with Gasteiger partial charge in [-0.15, -0.1) is 0 Å². The summed E-state index contributed by atoms with van der Waals surface area (Å²) in [6, 6.07) is 2.03. The van der Waals surface area contributed by atoms with E-state index >= 15 is 0 Å². The lowest BCUT2D eigenvalue weighted by Crippen LogP contribution is -2.49. The second-order valence-electron chi connectivity index (χ2n) is 8.54. The summed E-state index contributed by atoms with van der Waals surface area (Å²) >= 11 is 0. The molecule has 0 N–H and O–H groups in total. The zero-order chi connectivity index (χ0) is 22.0. The largest absolute Gasteiger partial charge is 0.459 e. The maximum atomic E-state index is 13.0. The SMILES string of the molecule is O=C(OCC(=O)N(C1CCCC1)C1CCS(=O)(=O)C1)[C@@H]1CCCN1C(=O)c1ccco1. The molecule has 0 aromatic carbocycles. The predicted molar refractivity (Wildman–Crippen MR) is 110 cm³/mol. The lowest BCUT2D eigenvalue weighted by molar-refractivity contribution is -0.157. The Labute approximate surface area is 181 Å². The van der Waals surface area contributed by atoms with Crippen LogP contribution in [0.3, 0.4) is 0 Å². The van der Waals surface area contributed by atoms with Crippen LogP contribution in [0, 0.1) is 0 Å². The van der Waals surface area contributed by atoms with Gasteiger partial charge in [0.15, 0.2) is 22.2 Å². The number of hydrogen-bond acceptors (Lipinski definition) is 7. The number of sulfone groups is 1. The Balaban J connectivity index is 1.39. The third kappa shape index (κ3) is 4.78. The molecule has 0 spiro atoms. The number of carbonyl (C=O) groups is 3. The minimum Gasteiger partial charge on any atom is -0.459 e. The Morgan fingerprint density at radius 3 is 2.52 bits per heavy atom. The number of hydrogen-bond donors (Lipinski definition) is 0. The van der Waals surface area contributed by atoms with Gasteiger partial charge in [-0.2, -0.15) is 0 Å². The van der Waals surface area contributed by atoms with E-state index in [9.17, 15) is 22.8 Å². The Morgan fingerprint density at radius 1 is 1.10 bits per heavy atom. The van der Waals surface area contributed by atoms with Crippen molar-refractivity contribution in [3.05, 3.63) is 24.2 Å². The van der Waals surface area contributed by atoms with Crippen LogP contribution < -0.4 is 0 Å². The average Bonchev–Trinajstić information content (AvgIpc) is 3.53. The standard InChI is InChI=1S/C21H28N2O7S/c24-19(23(15-5-1-2-6-15)16-9-12-31(27,28)14-16)13-30-21(26)17-7-3-10-22(17)20(25)18-8-4-11-29-18/h4,8,11,15-17H,1-3,5-7,9-10,12-14H2/t16?,17-/m0/s1. The van der Waals surface area contributed by atoms with Crippen LogP contribution in [0.2, 0.25) is 0 Å². The van der Waals surface area contributed by atoms with E-state index < -0.39 is 28.5 Å². The number of nitrogens with zero attached hydrogens (tertiary/aromatic N) is 2. The molecule has 10 heteroatoms. The maximum Gasteiger partial charge on any atom is 0.329 e. The van der Waals surface area contributed by atoms with Gasteiger partial charge in [0, 0.05) is 18.6 Å². The van der Waals surface area contributed by atoms with Crippen LogP contribution in [0.5, 0.6) is 0 Å². The first-order valence-corrected chi connectivity index (χ1v) is 12.7. The van der Waals surface area contributed by atoms with Crippen molar-refractivity contribution < 1.29 is 32.0 Å². The molecule has 0 radical (unpaired) electrons. The van der Waals surface area contributed by atoms with Crippen LogP contribution in [0.1, 0.15) is 55.5 Å². The number of ether oxygens (including phenoxy) is 1. The number of amides is 2. The predicted octanol–water partition coefficient (Wildman–Crippen LogP) is 1.39. The summed E-state index contributed by atoms with van der Waals surface area (Å²) in [7, 11) is -3.14. The van der Waals surface area contributed by atoms with Gasteiger partial charge >= 0.3 is 5.97 Å². The first-order valence-electron chi connectivity index (χ1n) is 10.9. The minimum absolute atomic E-state index is 0.00647. The summed E-state index contributed by atoms with van der Waals surface area (Å²) in [5, 5.41) is 0. The van der Waals surface area contributed by atoms with Crippen LogP contribution in [-0.2, 0) is 24.2 Å². The topological polar surface area (TPSA) is 114 Å². The summed E-state index contributed by atoms with van der Waals surface area (Å²) in [6.07, 6.45) is 6.62. The van der Waals surface area contributed by atoms with Crippen LogP contribution in [0.4, 0.5) is 0 Å². The molecule has 9 nitrogen and oxygen atoms in total. The van der Waals surface area contributed by atoms with Crippen LogP contribution in [0.25, 0.3) is 0 Å². The molecule has 31 heavy (non-hydrogen) atoms. The molecule has 2 aliphatic heterocycles. The zero-order valence-corrected chi connectivity index (χ0v) is 18.2. The van der Waals surface area contributed by atoms with Crippen molar-refractivity contribution in [2.45, 2.75) is 63.1 Å². The molecular weight excluding hydrogens is 424 g/mol. The quantitative estimate of drug-likeness (QED) is 0.599. The summed E-state index contributed by atoms with van der Waals surface area (Å²) in [6.45, 7) is -0.0213. The fourth-order valence-corrected chi connectivity index (χ4v) is 6.69. The Kier molecular flexibility index (Phi) is 6.36. The van der Waals surface area contributed by atoms with Crippen LogP contribution in [-0.4, -0.2) is 78.8 Å². The summed E-state index contributed by atoms with van der Waals surface area (Å²) in [5.41, 5.74) is 0.